The van der Waals surface area contributed by atoms with Crippen LogP contribution in [-0.4, -0.2) is 50.8 Å². The van der Waals surface area contributed by atoms with Gasteiger partial charge in [-0.15, -0.1) is 0 Å². The van der Waals surface area contributed by atoms with E-state index in [4.69, 9.17) is 4.74 Å². The summed E-state index contributed by atoms with van der Waals surface area (Å²) >= 11 is 3.57. The Morgan fingerprint density at radius 1 is 1.44 bits per heavy atom. The summed E-state index contributed by atoms with van der Waals surface area (Å²) in [5.74, 6) is 0. The van der Waals surface area contributed by atoms with Crippen molar-refractivity contribution >= 4 is 15.9 Å². The molecule has 1 aromatic carbocycles. The number of hydrogen-bond donors (Lipinski definition) is 1. The van der Waals surface area contributed by atoms with Crippen molar-refractivity contribution in [3.05, 3.63) is 34.3 Å². The SMILES string of the molecule is CN1CCNC(C2(c3cccc(Br)c3)COC2)C1. The van der Waals surface area contributed by atoms with E-state index in [1.807, 2.05) is 0 Å². The van der Waals surface area contributed by atoms with Crippen molar-refractivity contribution in [2.75, 3.05) is 39.9 Å². The number of likely N-dealkylation sites (N-methyl/N-ethyl adjacent to an activating group) is 1. The summed E-state index contributed by atoms with van der Waals surface area (Å²) in [7, 11) is 2.20. The zero-order valence-electron chi connectivity index (χ0n) is 10.7. The number of ether oxygens (including phenoxy) is 1. The quantitative estimate of drug-likeness (QED) is 0.898. The maximum absolute atomic E-state index is 5.55. The van der Waals surface area contributed by atoms with Gasteiger partial charge in [0.05, 0.1) is 18.6 Å². The van der Waals surface area contributed by atoms with E-state index in [2.05, 4.69) is 57.5 Å². The van der Waals surface area contributed by atoms with Crippen LogP contribution in [0.5, 0.6) is 0 Å². The van der Waals surface area contributed by atoms with Crippen molar-refractivity contribution in [3.8, 4) is 0 Å². The van der Waals surface area contributed by atoms with E-state index in [9.17, 15) is 0 Å². The lowest BCUT2D eigenvalue weighted by Crippen LogP contribution is -2.66. The lowest BCUT2D eigenvalue weighted by atomic mass is 9.71. The first kappa shape index (κ1) is 12.6. The number of nitrogens with one attached hydrogen (secondary N) is 1. The van der Waals surface area contributed by atoms with Gasteiger partial charge >= 0.3 is 0 Å². The zero-order valence-corrected chi connectivity index (χ0v) is 12.2. The number of benzene rings is 1. The molecule has 1 N–H and O–H groups in total. The Hall–Kier alpha value is -0.420. The van der Waals surface area contributed by atoms with Crippen LogP contribution in [0, 0.1) is 0 Å². The first-order valence-electron chi connectivity index (χ1n) is 6.46. The fourth-order valence-corrected chi connectivity index (χ4v) is 3.36. The third-order valence-electron chi connectivity index (χ3n) is 4.16. The van der Waals surface area contributed by atoms with E-state index in [0.717, 1.165) is 37.3 Å². The molecule has 0 amide bonds. The van der Waals surface area contributed by atoms with Crippen molar-refractivity contribution in [1.82, 2.24) is 10.2 Å². The number of hydrogen-bond acceptors (Lipinski definition) is 3. The molecule has 0 aromatic heterocycles. The smallest absolute Gasteiger partial charge is 0.0601 e. The average molecular weight is 311 g/mol. The summed E-state index contributed by atoms with van der Waals surface area (Å²) in [5, 5.41) is 3.67. The monoisotopic (exact) mass is 310 g/mol. The molecule has 1 aromatic rings. The van der Waals surface area contributed by atoms with E-state index < -0.39 is 0 Å². The van der Waals surface area contributed by atoms with Crippen molar-refractivity contribution < 1.29 is 4.74 Å². The highest BCUT2D eigenvalue weighted by Gasteiger charge is 2.48. The molecule has 18 heavy (non-hydrogen) atoms. The Bertz CT molecular complexity index is 434. The predicted octanol–water partition coefficient (Wildman–Crippen LogP) is 1.62. The Balaban J connectivity index is 1.89. The Kier molecular flexibility index (Phi) is 3.45. The Morgan fingerprint density at radius 2 is 2.28 bits per heavy atom. The number of nitrogens with zero attached hydrogens (tertiary/aromatic N) is 1. The molecule has 1 atom stereocenters. The molecule has 2 aliphatic heterocycles. The summed E-state index contributed by atoms with van der Waals surface area (Å²) < 4.78 is 6.70. The molecule has 2 aliphatic rings. The minimum atomic E-state index is 0.151. The molecule has 0 aliphatic carbocycles. The second-order valence-corrected chi connectivity index (χ2v) is 6.34. The standard InChI is InChI=1S/C14H19BrN2O/c1-17-6-5-16-13(8-17)14(9-18-10-14)11-3-2-4-12(15)7-11/h2-4,7,13,16H,5-6,8-10H2,1H3. The summed E-state index contributed by atoms with van der Waals surface area (Å²) in [6.45, 7) is 4.95. The molecule has 4 heteroatoms. The van der Waals surface area contributed by atoms with Gasteiger partial charge in [-0.25, -0.2) is 0 Å². The summed E-state index contributed by atoms with van der Waals surface area (Å²) in [4.78, 5) is 2.40. The predicted molar refractivity (Wildman–Crippen MR) is 75.9 cm³/mol. The van der Waals surface area contributed by atoms with E-state index in [0.29, 0.717) is 6.04 Å². The third kappa shape index (κ3) is 2.11. The maximum atomic E-state index is 5.55. The Morgan fingerprint density at radius 3 is 2.89 bits per heavy atom. The van der Waals surface area contributed by atoms with Gasteiger partial charge in [0.25, 0.3) is 0 Å². The molecule has 2 saturated heterocycles. The fraction of sp³-hybridized carbons (Fsp3) is 0.571. The van der Waals surface area contributed by atoms with Gasteiger partial charge in [0.1, 0.15) is 0 Å². The number of piperazine rings is 1. The van der Waals surface area contributed by atoms with Crippen molar-refractivity contribution in [1.29, 1.82) is 0 Å². The molecule has 0 spiro atoms. The third-order valence-corrected chi connectivity index (χ3v) is 4.66. The summed E-state index contributed by atoms with van der Waals surface area (Å²) in [6, 6.07) is 9.14. The van der Waals surface area contributed by atoms with Crippen LogP contribution in [0.25, 0.3) is 0 Å². The second kappa shape index (κ2) is 4.93. The summed E-state index contributed by atoms with van der Waals surface area (Å²) in [5.41, 5.74) is 1.54. The normalized spacial score (nSPS) is 27.8. The molecule has 0 radical (unpaired) electrons. The highest BCUT2D eigenvalue weighted by Crippen LogP contribution is 2.37. The number of halogens is 1. The van der Waals surface area contributed by atoms with Crippen LogP contribution in [-0.2, 0) is 10.2 Å². The minimum Gasteiger partial charge on any atom is -0.379 e. The van der Waals surface area contributed by atoms with Crippen LogP contribution in [0.2, 0.25) is 0 Å². The van der Waals surface area contributed by atoms with Gasteiger partial charge < -0.3 is 15.0 Å². The van der Waals surface area contributed by atoms with Gasteiger partial charge in [0.15, 0.2) is 0 Å². The highest BCUT2D eigenvalue weighted by molar-refractivity contribution is 9.10. The molecule has 2 fully saturated rings. The molecule has 98 valence electrons. The maximum Gasteiger partial charge on any atom is 0.0601 e. The van der Waals surface area contributed by atoms with Gasteiger partial charge in [-0.3, -0.25) is 0 Å². The van der Waals surface area contributed by atoms with Gasteiger partial charge in [0.2, 0.25) is 0 Å². The largest absolute Gasteiger partial charge is 0.379 e. The van der Waals surface area contributed by atoms with Gasteiger partial charge in [-0.2, -0.15) is 0 Å². The highest BCUT2D eigenvalue weighted by atomic mass is 79.9. The molecule has 2 heterocycles. The zero-order chi connectivity index (χ0) is 12.6. The van der Waals surface area contributed by atoms with E-state index >= 15 is 0 Å². The topological polar surface area (TPSA) is 24.5 Å². The van der Waals surface area contributed by atoms with Gasteiger partial charge in [-0.1, -0.05) is 28.1 Å². The molecule has 3 nitrogen and oxygen atoms in total. The lowest BCUT2D eigenvalue weighted by molar-refractivity contribution is -0.0865. The van der Waals surface area contributed by atoms with Crippen LogP contribution in [0.15, 0.2) is 28.7 Å². The fourth-order valence-electron chi connectivity index (χ4n) is 2.96. The minimum absolute atomic E-state index is 0.151. The van der Waals surface area contributed by atoms with E-state index in [1.54, 1.807) is 0 Å². The molecule has 0 saturated carbocycles. The van der Waals surface area contributed by atoms with Gasteiger partial charge in [0, 0.05) is 30.1 Å². The molecule has 0 bridgehead atoms. The van der Waals surface area contributed by atoms with Gasteiger partial charge in [-0.05, 0) is 24.7 Å². The van der Waals surface area contributed by atoms with Crippen LogP contribution in [0.3, 0.4) is 0 Å². The molecular formula is C14H19BrN2O. The van der Waals surface area contributed by atoms with E-state index in [-0.39, 0.29) is 5.41 Å². The van der Waals surface area contributed by atoms with Crippen molar-refractivity contribution in [2.45, 2.75) is 11.5 Å². The second-order valence-electron chi connectivity index (χ2n) is 5.43. The molecule has 3 rings (SSSR count). The van der Waals surface area contributed by atoms with Crippen LogP contribution >= 0.6 is 15.9 Å². The Labute approximate surface area is 117 Å². The summed E-state index contributed by atoms with van der Waals surface area (Å²) in [6.07, 6.45) is 0. The van der Waals surface area contributed by atoms with Crippen molar-refractivity contribution in [3.63, 3.8) is 0 Å². The molecular weight excluding hydrogens is 292 g/mol. The van der Waals surface area contributed by atoms with Crippen LogP contribution in [0.1, 0.15) is 5.56 Å². The number of rotatable bonds is 2. The van der Waals surface area contributed by atoms with Crippen LogP contribution in [0.4, 0.5) is 0 Å². The van der Waals surface area contributed by atoms with Crippen molar-refractivity contribution in [2.24, 2.45) is 0 Å². The van der Waals surface area contributed by atoms with Crippen LogP contribution < -0.4 is 5.32 Å². The average Bonchev–Trinajstić information content (AvgIpc) is 2.28. The first-order valence-corrected chi connectivity index (χ1v) is 7.26. The lowest BCUT2D eigenvalue weighted by Gasteiger charge is -2.50. The first-order chi connectivity index (χ1) is 8.71. The molecule has 1 unspecified atom stereocenters. The van der Waals surface area contributed by atoms with E-state index in [1.165, 1.54) is 5.56 Å².